The fourth-order valence-corrected chi connectivity index (χ4v) is 1.00. The number of hydrogen-bond donors (Lipinski definition) is 1. The largest absolute Gasteiger partial charge is 0.376 e. The molecule has 0 bridgehead atoms. The van der Waals surface area contributed by atoms with Crippen LogP contribution in [0, 0.1) is 6.92 Å². The fraction of sp³-hybridized carbons (Fsp3) is 0.600. The van der Waals surface area contributed by atoms with Crippen molar-refractivity contribution >= 4 is 0 Å². The molecule has 0 atom stereocenters. The van der Waals surface area contributed by atoms with Gasteiger partial charge in [-0.1, -0.05) is 17.3 Å². The summed E-state index contributed by atoms with van der Waals surface area (Å²) in [6.45, 7) is 10.1. The van der Waals surface area contributed by atoms with Crippen LogP contribution in [0.5, 0.6) is 0 Å². The van der Waals surface area contributed by atoms with Crippen molar-refractivity contribution in [2.24, 2.45) is 0 Å². The van der Waals surface area contributed by atoms with E-state index >= 15 is 0 Å². The zero-order chi connectivity index (χ0) is 11.1. The molecule has 0 saturated carbocycles. The van der Waals surface area contributed by atoms with Crippen LogP contribution < -0.4 is 5.32 Å². The van der Waals surface area contributed by atoms with Crippen molar-refractivity contribution in [1.82, 2.24) is 15.5 Å². The molecule has 0 unspecified atom stereocenters. The van der Waals surface area contributed by atoms with Crippen LogP contribution in [-0.2, 0) is 11.3 Å². The first-order chi connectivity index (χ1) is 7.18. The maximum Gasteiger partial charge on any atom is 0.223 e. The molecule has 1 aromatic rings. The van der Waals surface area contributed by atoms with E-state index in [1.165, 1.54) is 0 Å². The van der Waals surface area contributed by atoms with Crippen LogP contribution in [0.3, 0.4) is 0 Å². The molecule has 0 aliphatic heterocycles. The SMILES string of the molecule is C=C(C)COCCNCc1noc(C)n1. The molecule has 0 aliphatic rings. The minimum absolute atomic E-state index is 0.588. The molecule has 1 aromatic heterocycles. The van der Waals surface area contributed by atoms with Crippen LogP contribution in [0.4, 0.5) is 0 Å². The van der Waals surface area contributed by atoms with Gasteiger partial charge in [0.1, 0.15) is 0 Å². The molecule has 0 amide bonds. The molecule has 1 heterocycles. The first-order valence-corrected chi connectivity index (χ1v) is 4.90. The molecule has 1 rings (SSSR count). The van der Waals surface area contributed by atoms with Gasteiger partial charge < -0.3 is 14.6 Å². The van der Waals surface area contributed by atoms with Crippen molar-refractivity contribution in [2.75, 3.05) is 19.8 Å². The Hall–Kier alpha value is -1.20. The van der Waals surface area contributed by atoms with Crippen molar-refractivity contribution < 1.29 is 9.26 Å². The van der Waals surface area contributed by atoms with Gasteiger partial charge in [-0.05, 0) is 6.92 Å². The van der Waals surface area contributed by atoms with E-state index in [4.69, 9.17) is 9.26 Å². The van der Waals surface area contributed by atoms with E-state index in [1.807, 2.05) is 6.92 Å². The summed E-state index contributed by atoms with van der Waals surface area (Å²) in [5, 5.41) is 6.91. The van der Waals surface area contributed by atoms with Gasteiger partial charge in [-0.15, -0.1) is 0 Å². The topological polar surface area (TPSA) is 60.2 Å². The maximum absolute atomic E-state index is 5.31. The minimum atomic E-state index is 0.588. The summed E-state index contributed by atoms with van der Waals surface area (Å²) >= 11 is 0. The molecule has 0 spiro atoms. The van der Waals surface area contributed by atoms with Crippen molar-refractivity contribution in [3.05, 3.63) is 23.9 Å². The molecule has 0 saturated heterocycles. The van der Waals surface area contributed by atoms with Crippen LogP contribution in [0.25, 0.3) is 0 Å². The van der Waals surface area contributed by atoms with E-state index < -0.39 is 0 Å². The van der Waals surface area contributed by atoms with Gasteiger partial charge in [-0.3, -0.25) is 0 Å². The predicted octanol–water partition coefficient (Wildman–Crippen LogP) is 1.06. The first-order valence-electron chi connectivity index (χ1n) is 4.90. The van der Waals surface area contributed by atoms with E-state index in [0.29, 0.717) is 31.5 Å². The normalized spacial score (nSPS) is 10.5. The Morgan fingerprint density at radius 3 is 3.00 bits per heavy atom. The molecule has 1 N–H and O–H groups in total. The second kappa shape index (κ2) is 6.31. The molecule has 5 heteroatoms. The summed E-state index contributed by atoms with van der Waals surface area (Å²) in [4.78, 5) is 4.06. The summed E-state index contributed by atoms with van der Waals surface area (Å²) in [6.07, 6.45) is 0. The molecule has 0 fully saturated rings. The summed E-state index contributed by atoms with van der Waals surface area (Å²) in [6, 6.07) is 0. The lowest BCUT2D eigenvalue weighted by atomic mass is 10.4. The number of aromatic nitrogens is 2. The lowest BCUT2D eigenvalue weighted by molar-refractivity contribution is 0.157. The molecular formula is C10H17N3O2. The third-order valence-corrected chi connectivity index (χ3v) is 1.62. The molecule has 5 nitrogen and oxygen atoms in total. The van der Waals surface area contributed by atoms with Gasteiger partial charge in [0.25, 0.3) is 0 Å². The maximum atomic E-state index is 5.31. The quantitative estimate of drug-likeness (QED) is 0.540. The van der Waals surface area contributed by atoms with E-state index in [0.717, 1.165) is 12.1 Å². The summed E-state index contributed by atoms with van der Waals surface area (Å²) in [5.41, 5.74) is 1.03. The zero-order valence-electron chi connectivity index (χ0n) is 9.25. The highest BCUT2D eigenvalue weighted by molar-refractivity contribution is 4.87. The van der Waals surface area contributed by atoms with E-state index in [1.54, 1.807) is 6.92 Å². The van der Waals surface area contributed by atoms with Gasteiger partial charge in [0, 0.05) is 13.5 Å². The molecule has 84 valence electrons. The van der Waals surface area contributed by atoms with Crippen molar-refractivity contribution in [2.45, 2.75) is 20.4 Å². The van der Waals surface area contributed by atoms with Crippen molar-refractivity contribution in [1.29, 1.82) is 0 Å². The van der Waals surface area contributed by atoms with Gasteiger partial charge in [0.05, 0.1) is 19.8 Å². The Labute approximate surface area is 89.5 Å². The number of aryl methyl sites for hydroxylation is 1. The summed E-state index contributed by atoms with van der Waals surface area (Å²) in [5.74, 6) is 1.26. The highest BCUT2D eigenvalue weighted by Crippen LogP contribution is 1.93. The van der Waals surface area contributed by atoms with Crippen LogP contribution in [0.1, 0.15) is 18.6 Å². The van der Waals surface area contributed by atoms with Crippen LogP contribution in [0.2, 0.25) is 0 Å². The monoisotopic (exact) mass is 211 g/mol. The van der Waals surface area contributed by atoms with Crippen LogP contribution in [-0.4, -0.2) is 29.9 Å². The number of hydrogen-bond acceptors (Lipinski definition) is 5. The molecule has 0 radical (unpaired) electrons. The molecule has 0 aliphatic carbocycles. The standard InChI is InChI=1S/C10H17N3O2/c1-8(2)7-14-5-4-11-6-10-12-9(3)15-13-10/h11H,1,4-7H2,2-3H3. The average Bonchev–Trinajstić information content (AvgIpc) is 2.57. The Morgan fingerprint density at radius 1 is 1.60 bits per heavy atom. The van der Waals surface area contributed by atoms with Gasteiger partial charge in [0.2, 0.25) is 5.89 Å². The van der Waals surface area contributed by atoms with Gasteiger partial charge in [-0.2, -0.15) is 4.98 Å². The smallest absolute Gasteiger partial charge is 0.223 e. The van der Waals surface area contributed by atoms with Crippen molar-refractivity contribution in [3.8, 4) is 0 Å². The summed E-state index contributed by atoms with van der Waals surface area (Å²) < 4.78 is 10.1. The van der Waals surface area contributed by atoms with E-state index in [-0.39, 0.29) is 0 Å². The van der Waals surface area contributed by atoms with Gasteiger partial charge >= 0.3 is 0 Å². The van der Waals surface area contributed by atoms with E-state index in [2.05, 4.69) is 22.0 Å². The minimum Gasteiger partial charge on any atom is -0.376 e. The number of nitrogens with one attached hydrogen (secondary N) is 1. The van der Waals surface area contributed by atoms with Crippen LogP contribution >= 0.6 is 0 Å². The second-order valence-electron chi connectivity index (χ2n) is 3.42. The number of ether oxygens (including phenoxy) is 1. The lowest BCUT2D eigenvalue weighted by Gasteiger charge is -2.03. The fourth-order valence-electron chi connectivity index (χ4n) is 1.00. The third kappa shape index (κ3) is 5.29. The second-order valence-corrected chi connectivity index (χ2v) is 3.42. The summed E-state index contributed by atoms with van der Waals surface area (Å²) in [7, 11) is 0. The average molecular weight is 211 g/mol. The number of nitrogens with zero attached hydrogens (tertiary/aromatic N) is 2. The Kier molecular flexibility index (Phi) is 5.00. The van der Waals surface area contributed by atoms with Gasteiger partial charge in [-0.25, -0.2) is 0 Å². The highest BCUT2D eigenvalue weighted by atomic mass is 16.5. The zero-order valence-corrected chi connectivity index (χ0v) is 9.25. The molecular weight excluding hydrogens is 194 g/mol. The van der Waals surface area contributed by atoms with Crippen LogP contribution in [0.15, 0.2) is 16.7 Å². The van der Waals surface area contributed by atoms with Crippen molar-refractivity contribution in [3.63, 3.8) is 0 Å². The Morgan fingerprint density at radius 2 is 2.40 bits per heavy atom. The highest BCUT2D eigenvalue weighted by Gasteiger charge is 2.00. The molecule has 15 heavy (non-hydrogen) atoms. The third-order valence-electron chi connectivity index (χ3n) is 1.62. The Bertz CT molecular complexity index is 309. The van der Waals surface area contributed by atoms with E-state index in [9.17, 15) is 0 Å². The number of rotatable bonds is 7. The predicted molar refractivity (Wildman–Crippen MR) is 56.4 cm³/mol. The first kappa shape index (κ1) is 11.9. The lowest BCUT2D eigenvalue weighted by Crippen LogP contribution is -2.20. The van der Waals surface area contributed by atoms with Gasteiger partial charge in [0.15, 0.2) is 5.82 Å². The molecule has 0 aromatic carbocycles. The Balaban J connectivity index is 2.00.